The van der Waals surface area contributed by atoms with Gasteiger partial charge >= 0.3 is 0 Å². The van der Waals surface area contributed by atoms with Gasteiger partial charge in [0.15, 0.2) is 0 Å². The van der Waals surface area contributed by atoms with Gasteiger partial charge in [0.2, 0.25) is 0 Å². The van der Waals surface area contributed by atoms with Gasteiger partial charge in [-0.1, -0.05) is 194 Å². The lowest BCUT2D eigenvalue weighted by molar-refractivity contribution is 0.447. The van der Waals surface area contributed by atoms with Crippen LogP contribution in [0.3, 0.4) is 0 Å². The number of hydrogen-bond donors (Lipinski definition) is 0. The lowest BCUT2D eigenvalue weighted by Gasteiger charge is -2.40. The van der Waals surface area contributed by atoms with Crippen molar-refractivity contribution < 1.29 is 4.74 Å². The SMILES string of the molecule is c1ccc(-c2ccccc2N(c2ccccc2)c2ccccc2-c2ccc3c(c2)C2(c4ccccc4-3)c3ccc4ccccc4c3Oc3c2ccc2ccccc32)cc1. The van der Waals surface area contributed by atoms with Gasteiger partial charge in [0, 0.05) is 38.7 Å². The molecular weight excluding hydrogens is 715 g/mol. The van der Waals surface area contributed by atoms with Gasteiger partial charge in [0.05, 0.1) is 16.8 Å². The van der Waals surface area contributed by atoms with Crippen LogP contribution in [0.4, 0.5) is 17.1 Å². The largest absolute Gasteiger partial charge is 0.455 e. The Morgan fingerprint density at radius 2 is 0.814 bits per heavy atom. The van der Waals surface area contributed by atoms with E-state index < -0.39 is 5.41 Å². The first-order valence-corrected chi connectivity index (χ1v) is 20.3. The molecular formula is C57H37NO. The molecule has 1 spiro atoms. The Balaban J connectivity index is 1.15. The summed E-state index contributed by atoms with van der Waals surface area (Å²) in [6.07, 6.45) is 0. The van der Waals surface area contributed by atoms with Crippen molar-refractivity contribution in [1.82, 2.24) is 0 Å². The molecule has 1 aliphatic heterocycles. The van der Waals surface area contributed by atoms with E-state index in [1.54, 1.807) is 0 Å². The van der Waals surface area contributed by atoms with Gasteiger partial charge in [-0.2, -0.15) is 0 Å². The van der Waals surface area contributed by atoms with Gasteiger partial charge in [-0.3, -0.25) is 0 Å². The van der Waals surface area contributed by atoms with Gasteiger partial charge in [0.1, 0.15) is 11.5 Å². The molecule has 10 aromatic rings. The van der Waals surface area contributed by atoms with E-state index in [2.05, 4.69) is 229 Å². The third kappa shape index (κ3) is 4.93. The van der Waals surface area contributed by atoms with Crippen LogP contribution in [-0.2, 0) is 5.41 Å². The van der Waals surface area contributed by atoms with Crippen molar-refractivity contribution in [2.24, 2.45) is 0 Å². The lowest BCUT2D eigenvalue weighted by Crippen LogP contribution is -2.32. The molecule has 0 N–H and O–H groups in total. The summed E-state index contributed by atoms with van der Waals surface area (Å²) in [5.41, 5.74) is 14.7. The summed E-state index contributed by atoms with van der Waals surface area (Å²) >= 11 is 0. The highest BCUT2D eigenvalue weighted by Crippen LogP contribution is 2.64. The van der Waals surface area contributed by atoms with Crippen LogP contribution < -0.4 is 9.64 Å². The summed E-state index contributed by atoms with van der Waals surface area (Å²) in [5.74, 6) is 1.85. The van der Waals surface area contributed by atoms with E-state index in [4.69, 9.17) is 4.74 Å². The molecule has 2 heteroatoms. The van der Waals surface area contributed by atoms with Crippen LogP contribution in [0.2, 0.25) is 0 Å². The van der Waals surface area contributed by atoms with Crippen molar-refractivity contribution in [1.29, 1.82) is 0 Å². The standard InChI is InChI=1S/C57H37NO/c1-3-17-38(18-4-1)43-23-12-15-29-53(43)58(42-21-5-2-6-22-42)54-30-16-13-24-44(54)41-31-34-48-47-27-11-14-28-49(47)57(52(48)37-41)50-35-32-39-19-7-9-25-45(39)55(50)59-56-46-26-10-8-20-40(46)33-36-51(56)57/h1-37H. The molecule has 2 aliphatic rings. The van der Waals surface area contributed by atoms with Crippen molar-refractivity contribution >= 4 is 38.6 Å². The van der Waals surface area contributed by atoms with E-state index in [0.29, 0.717) is 0 Å². The van der Waals surface area contributed by atoms with Gasteiger partial charge < -0.3 is 9.64 Å². The summed E-state index contributed by atoms with van der Waals surface area (Å²) in [4.78, 5) is 2.42. The summed E-state index contributed by atoms with van der Waals surface area (Å²) < 4.78 is 7.23. The highest BCUT2D eigenvalue weighted by molar-refractivity contribution is 6.01. The molecule has 59 heavy (non-hydrogen) atoms. The van der Waals surface area contributed by atoms with Crippen LogP contribution in [0.5, 0.6) is 11.5 Å². The Kier molecular flexibility index (Phi) is 7.48. The number of rotatable bonds is 5. The maximum Gasteiger partial charge on any atom is 0.140 e. The van der Waals surface area contributed by atoms with Crippen molar-refractivity contribution in [3.05, 3.63) is 247 Å². The third-order valence-corrected chi connectivity index (χ3v) is 12.5. The molecule has 0 radical (unpaired) electrons. The molecule has 0 amide bonds. The molecule has 2 nitrogen and oxygen atoms in total. The number of ether oxygens (including phenoxy) is 1. The van der Waals surface area contributed by atoms with Gasteiger partial charge in [-0.25, -0.2) is 0 Å². The second kappa shape index (κ2) is 13.2. The van der Waals surface area contributed by atoms with Crippen LogP contribution in [-0.4, -0.2) is 0 Å². The molecule has 10 aromatic carbocycles. The first-order chi connectivity index (χ1) is 29.3. The van der Waals surface area contributed by atoms with Gasteiger partial charge in [-0.15, -0.1) is 0 Å². The molecule has 1 aliphatic carbocycles. The number of nitrogens with zero attached hydrogens (tertiary/aromatic N) is 1. The van der Waals surface area contributed by atoms with E-state index >= 15 is 0 Å². The summed E-state index contributed by atoms with van der Waals surface area (Å²) in [7, 11) is 0. The fourth-order valence-electron chi connectivity index (χ4n) is 10.00. The normalized spacial score (nSPS) is 13.0. The zero-order valence-electron chi connectivity index (χ0n) is 32.2. The molecule has 1 heterocycles. The maximum absolute atomic E-state index is 7.23. The number of fused-ring (bicyclic) bond motifs is 13. The predicted molar refractivity (Wildman–Crippen MR) is 244 cm³/mol. The molecule has 12 rings (SSSR count). The van der Waals surface area contributed by atoms with Crippen molar-refractivity contribution in [2.75, 3.05) is 4.90 Å². The Morgan fingerprint density at radius 3 is 1.46 bits per heavy atom. The molecule has 0 unspecified atom stereocenters. The van der Waals surface area contributed by atoms with E-state index in [0.717, 1.165) is 61.2 Å². The van der Waals surface area contributed by atoms with Crippen molar-refractivity contribution in [3.8, 4) is 44.9 Å². The third-order valence-electron chi connectivity index (χ3n) is 12.5. The molecule has 0 bridgehead atoms. The highest BCUT2D eigenvalue weighted by Gasteiger charge is 2.52. The first-order valence-electron chi connectivity index (χ1n) is 20.3. The van der Waals surface area contributed by atoms with Crippen molar-refractivity contribution in [2.45, 2.75) is 5.41 Å². The smallest absolute Gasteiger partial charge is 0.140 e. The number of anilines is 3. The topological polar surface area (TPSA) is 12.5 Å². The molecule has 0 fully saturated rings. The maximum atomic E-state index is 7.23. The van der Waals surface area contributed by atoms with E-state index in [-0.39, 0.29) is 0 Å². The molecule has 276 valence electrons. The zero-order valence-corrected chi connectivity index (χ0v) is 32.2. The second-order valence-electron chi connectivity index (χ2n) is 15.6. The Bertz CT molecular complexity index is 3170. The average Bonchev–Trinajstić information content (AvgIpc) is 3.60. The summed E-state index contributed by atoms with van der Waals surface area (Å²) in [5, 5.41) is 4.56. The summed E-state index contributed by atoms with van der Waals surface area (Å²) in [6, 6.07) is 81.6. The van der Waals surface area contributed by atoms with E-state index in [1.165, 1.54) is 44.5 Å². The number of para-hydroxylation sites is 3. The van der Waals surface area contributed by atoms with Crippen LogP contribution in [0.25, 0.3) is 54.9 Å². The second-order valence-corrected chi connectivity index (χ2v) is 15.6. The van der Waals surface area contributed by atoms with Crippen LogP contribution in [0.15, 0.2) is 224 Å². The van der Waals surface area contributed by atoms with Crippen LogP contribution in [0, 0.1) is 0 Å². The molecule has 0 saturated carbocycles. The average molecular weight is 752 g/mol. The Hall–Kier alpha value is -7.68. The number of benzene rings is 10. The Labute approximate surface area is 343 Å². The fraction of sp³-hybridized carbons (Fsp3) is 0.0175. The highest BCUT2D eigenvalue weighted by atomic mass is 16.5. The van der Waals surface area contributed by atoms with Gasteiger partial charge in [0.25, 0.3) is 0 Å². The first kappa shape index (κ1) is 33.5. The van der Waals surface area contributed by atoms with Crippen LogP contribution >= 0.6 is 0 Å². The fourth-order valence-corrected chi connectivity index (χ4v) is 10.00. The quantitative estimate of drug-likeness (QED) is 0.174. The zero-order chi connectivity index (χ0) is 38.9. The van der Waals surface area contributed by atoms with Crippen LogP contribution in [0.1, 0.15) is 22.3 Å². The Morgan fingerprint density at radius 1 is 0.322 bits per heavy atom. The lowest BCUT2D eigenvalue weighted by atomic mass is 9.65. The molecule has 0 atom stereocenters. The minimum absolute atomic E-state index is 0.632. The van der Waals surface area contributed by atoms with E-state index in [9.17, 15) is 0 Å². The van der Waals surface area contributed by atoms with Crippen molar-refractivity contribution in [3.63, 3.8) is 0 Å². The minimum Gasteiger partial charge on any atom is -0.455 e. The monoisotopic (exact) mass is 751 g/mol. The summed E-state index contributed by atoms with van der Waals surface area (Å²) in [6.45, 7) is 0. The molecule has 0 saturated heterocycles. The molecule has 0 aromatic heterocycles. The number of hydrogen-bond acceptors (Lipinski definition) is 2. The van der Waals surface area contributed by atoms with Gasteiger partial charge in [-0.05, 0) is 74.5 Å². The predicted octanol–water partition coefficient (Wildman–Crippen LogP) is 15.3. The van der Waals surface area contributed by atoms with E-state index in [1.807, 2.05) is 0 Å². The minimum atomic E-state index is -0.632.